The number of hydrazine groups is 1. The SMILES string of the molecule is Cc1cc(C)cc(C(NN)c2cc3c(s2)CCCC3)c1. The lowest BCUT2D eigenvalue weighted by atomic mass is 9.97. The van der Waals surface area contributed by atoms with E-state index in [0.29, 0.717) is 0 Å². The van der Waals surface area contributed by atoms with Gasteiger partial charge in [-0.3, -0.25) is 5.84 Å². The molecule has 20 heavy (non-hydrogen) atoms. The molecule has 0 spiro atoms. The van der Waals surface area contributed by atoms with E-state index in [0.717, 1.165) is 0 Å². The molecule has 2 aromatic rings. The Hall–Kier alpha value is -1.16. The minimum atomic E-state index is 0.115. The van der Waals surface area contributed by atoms with E-state index in [1.807, 2.05) is 11.3 Å². The fourth-order valence-electron chi connectivity index (χ4n) is 3.18. The van der Waals surface area contributed by atoms with E-state index in [4.69, 9.17) is 5.84 Å². The molecular formula is C17H22N2S. The topological polar surface area (TPSA) is 38.0 Å². The summed E-state index contributed by atoms with van der Waals surface area (Å²) in [6.07, 6.45) is 5.13. The number of hydrogen-bond donors (Lipinski definition) is 2. The number of hydrogen-bond acceptors (Lipinski definition) is 3. The molecule has 0 amide bonds. The van der Waals surface area contributed by atoms with Crippen molar-refractivity contribution in [3.63, 3.8) is 0 Å². The van der Waals surface area contributed by atoms with Crippen LogP contribution in [-0.4, -0.2) is 0 Å². The molecular weight excluding hydrogens is 264 g/mol. The Morgan fingerprint density at radius 1 is 1.05 bits per heavy atom. The van der Waals surface area contributed by atoms with E-state index < -0.39 is 0 Å². The number of nitrogens with two attached hydrogens (primary N) is 1. The van der Waals surface area contributed by atoms with E-state index in [9.17, 15) is 0 Å². The summed E-state index contributed by atoms with van der Waals surface area (Å²) in [5.41, 5.74) is 8.40. The first-order valence-electron chi connectivity index (χ1n) is 7.33. The maximum Gasteiger partial charge on any atom is 0.0802 e. The van der Waals surface area contributed by atoms with Gasteiger partial charge in [-0.15, -0.1) is 11.3 Å². The highest BCUT2D eigenvalue weighted by Gasteiger charge is 2.20. The first-order valence-corrected chi connectivity index (χ1v) is 8.15. The molecule has 1 aliphatic carbocycles. The lowest BCUT2D eigenvalue weighted by Crippen LogP contribution is -2.28. The summed E-state index contributed by atoms with van der Waals surface area (Å²) in [4.78, 5) is 2.92. The number of rotatable bonds is 3. The zero-order valence-electron chi connectivity index (χ0n) is 12.2. The minimum Gasteiger partial charge on any atom is -0.271 e. The molecule has 0 saturated carbocycles. The maximum absolute atomic E-state index is 5.85. The fraction of sp³-hybridized carbons (Fsp3) is 0.412. The van der Waals surface area contributed by atoms with Crippen molar-refractivity contribution < 1.29 is 0 Å². The van der Waals surface area contributed by atoms with Crippen molar-refractivity contribution in [1.82, 2.24) is 5.43 Å². The summed E-state index contributed by atoms with van der Waals surface area (Å²) in [5, 5.41) is 0. The molecule has 106 valence electrons. The molecule has 0 aliphatic heterocycles. The minimum absolute atomic E-state index is 0.115. The average molecular weight is 286 g/mol. The lowest BCUT2D eigenvalue weighted by molar-refractivity contribution is 0.644. The molecule has 3 N–H and O–H groups in total. The zero-order valence-corrected chi connectivity index (χ0v) is 13.0. The first kappa shape index (κ1) is 13.8. The molecule has 0 bridgehead atoms. The largest absolute Gasteiger partial charge is 0.271 e. The number of thiophene rings is 1. The van der Waals surface area contributed by atoms with E-state index in [1.165, 1.54) is 47.3 Å². The van der Waals surface area contributed by atoms with Crippen molar-refractivity contribution in [1.29, 1.82) is 0 Å². The zero-order chi connectivity index (χ0) is 14.1. The van der Waals surface area contributed by atoms with Gasteiger partial charge in [-0.25, -0.2) is 5.43 Å². The van der Waals surface area contributed by atoms with Gasteiger partial charge in [0.2, 0.25) is 0 Å². The molecule has 1 heterocycles. The molecule has 1 atom stereocenters. The number of aryl methyl sites for hydroxylation is 4. The van der Waals surface area contributed by atoms with Gasteiger partial charge in [-0.05, 0) is 56.7 Å². The van der Waals surface area contributed by atoms with E-state index in [1.54, 1.807) is 10.4 Å². The molecule has 0 saturated heterocycles. The van der Waals surface area contributed by atoms with Crippen molar-refractivity contribution in [3.05, 3.63) is 56.3 Å². The Morgan fingerprint density at radius 3 is 2.40 bits per heavy atom. The van der Waals surface area contributed by atoms with Crippen LogP contribution in [0.4, 0.5) is 0 Å². The predicted molar refractivity (Wildman–Crippen MR) is 86.0 cm³/mol. The molecule has 3 heteroatoms. The van der Waals surface area contributed by atoms with Crippen LogP contribution in [-0.2, 0) is 12.8 Å². The van der Waals surface area contributed by atoms with Crippen LogP contribution in [0.5, 0.6) is 0 Å². The average Bonchev–Trinajstić information content (AvgIpc) is 2.81. The van der Waals surface area contributed by atoms with Gasteiger partial charge in [-0.1, -0.05) is 29.3 Å². The second-order valence-electron chi connectivity index (χ2n) is 5.83. The molecule has 3 rings (SSSR count). The summed E-state index contributed by atoms with van der Waals surface area (Å²) >= 11 is 1.93. The second kappa shape index (κ2) is 5.68. The van der Waals surface area contributed by atoms with Crippen molar-refractivity contribution in [2.24, 2.45) is 5.84 Å². The van der Waals surface area contributed by atoms with Gasteiger partial charge in [0, 0.05) is 9.75 Å². The highest BCUT2D eigenvalue weighted by Crippen LogP contribution is 2.35. The van der Waals surface area contributed by atoms with Crippen LogP contribution in [0, 0.1) is 13.8 Å². The summed E-state index contributed by atoms with van der Waals surface area (Å²) in [6.45, 7) is 4.28. The lowest BCUT2D eigenvalue weighted by Gasteiger charge is -2.16. The van der Waals surface area contributed by atoms with Crippen molar-refractivity contribution in [2.45, 2.75) is 45.6 Å². The first-order chi connectivity index (χ1) is 9.67. The molecule has 2 nitrogen and oxygen atoms in total. The highest BCUT2D eigenvalue weighted by molar-refractivity contribution is 7.12. The Bertz CT molecular complexity index is 572. The Labute approximate surface area is 125 Å². The maximum atomic E-state index is 5.85. The van der Waals surface area contributed by atoms with Crippen LogP contribution >= 0.6 is 11.3 Å². The van der Waals surface area contributed by atoms with Crippen LogP contribution < -0.4 is 11.3 Å². The summed E-state index contributed by atoms with van der Waals surface area (Å²) in [6, 6.07) is 9.15. The molecule has 1 unspecified atom stereocenters. The number of fused-ring (bicyclic) bond motifs is 1. The van der Waals surface area contributed by atoms with Crippen LogP contribution in [0.25, 0.3) is 0 Å². The van der Waals surface area contributed by atoms with Crippen LogP contribution in [0.2, 0.25) is 0 Å². The summed E-state index contributed by atoms with van der Waals surface area (Å²) in [5.74, 6) is 5.85. The molecule has 0 radical (unpaired) electrons. The van der Waals surface area contributed by atoms with Gasteiger partial charge in [0.15, 0.2) is 0 Å². The predicted octanol–water partition coefficient (Wildman–Crippen LogP) is 3.80. The standard InChI is InChI=1S/C17H22N2S/c1-11-7-12(2)9-14(8-11)17(19-18)16-10-13-5-3-4-6-15(13)20-16/h7-10,17,19H,3-6,18H2,1-2H3. The number of benzene rings is 1. The number of nitrogens with one attached hydrogen (secondary N) is 1. The summed E-state index contributed by atoms with van der Waals surface area (Å²) in [7, 11) is 0. The van der Waals surface area contributed by atoms with Gasteiger partial charge in [0.25, 0.3) is 0 Å². The third-order valence-corrected chi connectivity index (χ3v) is 5.35. The molecule has 0 fully saturated rings. The van der Waals surface area contributed by atoms with Gasteiger partial charge >= 0.3 is 0 Å². The van der Waals surface area contributed by atoms with Crippen LogP contribution in [0.1, 0.15) is 50.9 Å². The fourth-order valence-corrected chi connectivity index (χ4v) is 4.52. The van der Waals surface area contributed by atoms with Crippen molar-refractivity contribution in [2.75, 3.05) is 0 Å². The van der Waals surface area contributed by atoms with Crippen LogP contribution in [0.3, 0.4) is 0 Å². The molecule has 1 aromatic heterocycles. The van der Waals surface area contributed by atoms with Crippen molar-refractivity contribution >= 4 is 11.3 Å². The van der Waals surface area contributed by atoms with E-state index >= 15 is 0 Å². The third-order valence-electron chi connectivity index (χ3n) is 4.04. The normalized spacial score (nSPS) is 15.9. The quantitative estimate of drug-likeness (QED) is 0.665. The van der Waals surface area contributed by atoms with Crippen molar-refractivity contribution in [3.8, 4) is 0 Å². The van der Waals surface area contributed by atoms with Crippen LogP contribution in [0.15, 0.2) is 24.3 Å². The molecule has 1 aromatic carbocycles. The Morgan fingerprint density at radius 2 is 1.75 bits per heavy atom. The molecule has 1 aliphatic rings. The van der Waals surface area contributed by atoms with E-state index in [2.05, 4.69) is 43.5 Å². The summed E-state index contributed by atoms with van der Waals surface area (Å²) < 4.78 is 0. The monoisotopic (exact) mass is 286 g/mol. The van der Waals surface area contributed by atoms with E-state index in [-0.39, 0.29) is 6.04 Å². The van der Waals surface area contributed by atoms with Gasteiger partial charge in [-0.2, -0.15) is 0 Å². The van der Waals surface area contributed by atoms with Gasteiger partial charge in [0.1, 0.15) is 0 Å². The Balaban J connectivity index is 1.98. The van der Waals surface area contributed by atoms with Gasteiger partial charge < -0.3 is 0 Å². The highest BCUT2D eigenvalue weighted by atomic mass is 32.1. The Kier molecular flexibility index (Phi) is 3.92. The smallest absolute Gasteiger partial charge is 0.0802 e. The second-order valence-corrected chi connectivity index (χ2v) is 6.99. The third kappa shape index (κ3) is 2.66. The van der Waals surface area contributed by atoms with Gasteiger partial charge in [0.05, 0.1) is 6.04 Å².